The number of hydrogen-bond donors (Lipinski definition) is 1. The molecular formula is C18H21BrN2O4S. The van der Waals surface area contributed by atoms with Crippen LogP contribution in [0.3, 0.4) is 0 Å². The van der Waals surface area contributed by atoms with E-state index < -0.39 is 10.0 Å². The lowest BCUT2D eigenvalue weighted by atomic mass is 10.2. The van der Waals surface area contributed by atoms with Crippen molar-refractivity contribution in [3.63, 3.8) is 0 Å². The van der Waals surface area contributed by atoms with Crippen molar-refractivity contribution in [1.82, 2.24) is 5.32 Å². The number of carbonyl (C=O) groups is 1. The molecule has 0 aliphatic rings. The maximum atomic E-state index is 12.3. The number of nitrogens with one attached hydrogen (secondary N) is 1. The first-order chi connectivity index (χ1) is 12.2. The highest BCUT2D eigenvalue weighted by Crippen LogP contribution is 2.24. The van der Waals surface area contributed by atoms with Crippen molar-refractivity contribution < 1.29 is 17.9 Å². The molecule has 1 N–H and O–H groups in total. The lowest BCUT2D eigenvalue weighted by Crippen LogP contribution is -2.40. The summed E-state index contributed by atoms with van der Waals surface area (Å²) < 4.78 is 31.4. The molecule has 6 nitrogen and oxygen atoms in total. The number of sulfonamides is 1. The zero-order chi connectivity index (χ0) is 19.3. The van der Waals surface area contributed by atoms with Gasteiger partial charge in [-0.25, -0.2) is 8.42 Å². The van der Waals surface area contributed by atoms with Gasteiger partial charge in [0.25, 0.3) is 0 Å². The summed E-state index contributed by atoms with van der Waals surface area (Å²) in [5, 5.41) is 2.74. The largest absolute Gasteiger partial charge is 0.497 e. The molecule has 0 spiro atoms. The van der Waals surface area contributed by atoms with Gasteiger partial charge in [-0.3, -0.25) is 9.10 Å². The summed E-state index contributed by atoms with van der Waals surface area (Å²) in [6.45, 7) is 1.85. The van der Waals surface area contributed by atoms with Crippen molar-refractivity contribution in [2.75, 3.05) is 24.2 Å². The van der Waals surface area contributed by atoms with Gasteiger partial charge in [-0.15, -0.1) is 0 Å². The van der Waals surface area contributed by atoms with E-state index in [1.807, 2.05) is 31.2 Å². The third kappa shape index (κ3) is 5.47. The SMILES string of the molecule is COc1cccc(CNC(=O)CN(c2ccc(Br)c(C)c2)S(C)(=O)=O)c1. The number of carbonyl (C=O) groups excluding carboxylic acids is 1. The van der Waals surface area contributed by atoms with Gasteiger partial charge in [0.2, 0.25) is 15.9 Å². The van der Waals surface area contributed by atoms with Crippen LogP contribution in [0, 0.1) is 6.92 Å². The Morgan fingerprint density at radius 2 is 1.96 bits per heavy atom. The molecule has 0 fully saturated rings. The van der Waals surface area contributed by atoms with E-state index in [1.165, 1.54) is 0 Å². The average Bonchev–Trinajstić information content (AvgIpc) is 2.59. The number of ether oxygens (including phenoxy) is 1. The van der Waals surface area contributed by atoms with Crippen molar-refractivity contribution in [1.29, 1.82) is 0 Å². The smallest absolute Gasteiger partial charge is 0.241 e. The topological polar surface area (TPSA) is 75.7 Å². The summed E-state index contributed by atoms with van der Waals surface area (Å²) in [4.78, 5) is 12.3. The fourth-order valence-electron chi connectivity index (χ4n) is 2.35. The second-order valence-electron chi connectivity index (χ2n) is 5.83. The third-order valence-electron chi connectivity index (χ3n) is 3.74. The molecular weight excluding hydrogens is 420 g/mol. The molecule has 2 aromatic carbocycles. The van der Waals surface area contributed by atoms with Crippen LogP contribution in [-0.2, 0) is 21.4 Å². The van der Waals surface area contributed by atoms with Crippen LogP contribution in [0.2, 0.25) is 0 Å². The van der Waals surface area contributed by atoms with Crippen LogP contribution < -0.4 is 14.4 Å². The Balaban J connectivity index is 2.10. The first-order valence-electron chi connectivity index (χ1n) is 7.84. The zero-order valence-electron chi connectivity index (χ0n) is 14.8. The second-order valence-corrected chi connectivity index (χ2v) is 8.59. The summed E-state index contributed by atoms with van der Waals surface area (Å²) in [6.07, 6.45) is 1.08. The predicted octanol–water partition coefficient (Wildman–Crippen LogP) is 2.85. The molecule has 2 aromatic rings. The highest BCUT2D eigenvalue weighted by Gasteiger charge is 2.21. The van der Waals surface area contributed by atoms with Crippen molar-refractivity contribution in [2.24, 2.45) is 0 Å². The van der Waals surface area contributed by atoms with Gasteiger partial charge in [0.05, 0.1) is 19.1 Å². The van der Waals surface area contributed by atoms with Crippen LogP contribution >= 0.6 is 15.9 Å². The summed E-state index contributed by atoms with van der Waals surface area (Å²) in [7, 11) is -2.03. The summed E-state index contributed by atoms with van der Waals surface area (Å²) >= 11 is 3.38. The number of amides is 1. The molecule has 1 amide bonds. The molecule has 0 saturated carbocycles. The van der Waals surface area contributed by atoms with Gasteiger partial charge in [-0.05, 0) is 48.4 Å². The van der Waals surface area contributed by atoms with Crippen LogP contribution in [0.4, 0.5) is 5.69 Å². The van der Waals surface area contributed by atoms with Crippen molar-refractivity contribution >= 4 is 37.5 Å². The number of halogens is 1. The van der Waals surface area contributed by atoms with Crippen molar-refractivity contribution in [3.05, 3.63) is 58.1 Å². The Bertz CT molecular complexity index is 900. The van der Waals surface area contributed by atoms with Crippen molar-refractivity contribution in [3.8, 4) is 5.75 Å². The van der Waals surface area contributed by atoms with Crippen LogP contribution in [0.15, 0.2) is 46.9 Å². The molecule has 0 atom stereocenters. The molecule has 0 heterocycles. The second kappa shape index (κ2) is 8.55. The van der Waals surface area contributed by atoms with Gasteiger partial charge in [0.15, 0.2) is 0 Å². The van der Waals surface area contributed by atoms with Crippen molar-refractivity contribution in [2.45, 2.75) is 13.5 Å². The lowest BCUT2D eigenvalue weighted by molar-refractivity contribution is -0.119. The van der Waals surface area contributed by atoms with Gasteiger partial charge >= 0.3 is 0 Å². The highest BCUT2D eigenvalue weighted by molar-refractivity contribution is 9.10. The Kier molecular flexibility index (Phi) is 6.66. The summed E-state index contributed by atoms with van der Waals surface area (Å²) in [5.41, 5.74) is 2.20. The number of benzene rings is 2. The molecule has 140 valence electrons. The normalized spacial score (nSPS) is 11.1. The Hall–Kier alpha value is -2.06. The van der Waals surface area contributed by atoms with Gasteiger partial charge in [0.1, 0.15) is 12.3 Å². The molecule has 26 heavy (non-hydrogen) atoms. The standard InChI is InChI=1S/C18H21BrN2O4S/c1-13-9-15(7-8-17(13)19)21(26(3,23)24)12-18(22)20-11-14-5-4-6-16(10-14)25-2/h4-10H,11-12H2,1-3H3,(H,20,22). The van der Waals surface area contributed by atoms with E-state index in [4.69, 9.17) is 4.74 Å². The minimum atomic E-state index is -3.60. The predicted molar refractivity (Wildman–Crippen MR) is 106 cm³/mol. The van der Waals surface area contributed by atoms with Gasteiger partial charge in [-0.1, -0.05) is 28.1 Å². The minimum absolute atomic E-state index is 0.285. The number of rotatable bonds is 7. The molecule has 0 aliphatic carbocycles. The van der Waals surface area contributed by atoms with E-state index in [-0.39, 0.29) is 19.0 Å². The van der Waals surface area contributed by atoms with Crippen LogP contribution in [0.1, 0.15) is 11.1 Å². The lowest BCUT2D eigenvalue weighted by Gasteiger charge is -2.22. The van der Waals surface area contributed by atoms with Gasteiger partial charge in [0, 0.05) is 11.0 Å². The van der Waals surface area contributed by atoms with Crippen LogP contribution in [-0.4, -0.2) is 34.2 Å². The zero-order valence-corrected chi connectivity index (χ0v) is 17.2. The van der Waals surface area contributed by atoms with Gasteiger partial charge in [-0.2, -0.15) is 0 Å². The van der Waals surface area contributed by atoms with E-state index in [9.17, 15) is 13.2 Å². The summed E-state index contributed by atoms with van der Waals surface area (Å²) in [6, 6.07) is 12.5. The summed E-state index contributed by atoms with van der Waals surface area (Å²) in [5.74, 6) is 0.304. The van der Waals surface area contributed by atoms with E-state index in [1.54, 1.807) is 25.3 Å². The average molecular weight is 441 g/mol. The highest BCUT2D eigenvalue weighted by atomic mass is 79.9. The van der Waals surface area contributed by atoms with E-state index in [2.05, 4.69) is 21.2 Å². The van der Waals surface area contributed by atoms with Crippen LogP contribution in [0.25, 0.3) is 0 Å². The number of aryl methyl sites for hydroxylation is 1. The van der Waals surface area contributed by atoms with Crippen LogP contribution in [0.5, 0.6) is 5.75 Å². The fraction of sp³-hybridized carbons (Fsp3) is 0.278. The monoisotopic (exact) mass is 440 g/mol. The van der Waals surface area contributed by atoms with Gasteiger partial charge < -0.3 is 10.1 Å². The molecule has 0 radical (unpaired) electrons. The molecule has 0 unspecified atom stereocenters. The maximum Gasteiger partial charge on any atom is 0.241 e. The first-order valence-corrected chi connectivity index (χ1v) is 10.5. The molecule has 2 rings (SSSR count). The van der Waals surface area contributed by atoms with E-state index in [0.717, 1.165) is 26.2 Å². The number of anilines is 1. The third-order valence-corrected chi connectivity index (χ3v) is 5.77. The number of methoxy groups -OCH3 is 1. The molecule has 0 saturated heterocycles. The minimum Gasteiger partial charge on any atom is -0.497 e. The molecule has 0 aromatic heterocycles. The molecule has 0 aliphatic heterocycles. The molecule has 0 bridgehead atoms. The Morgan fingerprint density at radius 3 is 2.58 bits per heavy atom. The number of hydrogen-bond acceptors (Lipinski definition) is 4. The first kappa shape index (κ1) is 20.3. The molecule has 8 heteroatoms. The Morgan fingerprint density at radius 1 is 1.23 bits per heavy atom. The number of nitrogens with zero attached hydrogens (tertiary/aromatic N) is 1. The quantitative estimate of drug-likeness (QED) is 0.717. The van der Waals surface area contributed by atoms with E-state index >= 15 is 0 Å². The fourth-order valence-corrected chi connectivity index (χ4v) is 3.45. The Labute approximate surface area is 162 Å². The van der Waals surface area contributed by atoms with E-state index in [0.29, 0.717) is 11.4 Å². The maximum absolute atomic E-state index is 12.3.